The third-order valence-corrected chi connectivity index (χ3v) is 2.93. The Morgan fingerprint density at radius 2 is 1.94 bits per heavy atom. The standard InChI is InChI=1S/C14H19N3O/c1-10(2)17-9-16-13(14(17)15)12-6-4-11(5-7-12)8-18-3/h4-7,9-10H,8,15H2,1-3H3. The number of hydrogen-bond acceptors (Lipinski definition) is 3. The molecule has 1 heterocycles. The highest BCUT2D eigenvalue weighted by atomic mass is 16.5. The molecule has 0 saturated heterocycles. The number of methoxy groups -OCH3 is 1. The minimum absolute atomic E-state index is 0.319. The van der Waals surface area contributed by atoms with Gasteiger partial charge in [-0.25, -0.2) is 4.98 Å². The van der Waals surface area contributed by atoms with Crippen LogP contribution in [0.5, 0.6) is 0 Å². The van der Waals surface area contributed by atoms with Crippen LogP contribution in [0.4, 0.5) is 5.82 Å². The molecule has 2 aromatic rings. The SMILES string of the molecule is COCc1ccc(-c2ncn(C(C)C)c2N)cc1. The van der Waals surface area contributed by atoms with Gasteiger partial charge in [0.2, 0.25) is 0 Å². The smallest absolute Gasteiger partial charge is 0.131 e. The molecule has 1 aromatic carbocycles. The van der Waals surface area contributed by atoms with Crippen molar-refractivity contribution in [1.29, 1.82) is 0 Å². The molecule has 2 rings (SSSR count). The molecule has 0 aliphatic carbocycles. The molecule has 2 N–H and O–H groups in total. The lowest BCUT2D eigenvalue weighted by Crippen LogP contribution is -2.04. The van der Waals surface area contributed by atoms with E-state index in [0.29, 0.717) is 18.5 Å². The van der Waals surface area contributed by atoms with Gasteiger partial charge in [0.25, 0.3) is 0 Å². The van der Waals surface area contributed by atoms with E-state index in [-0.39, 0.29) is 0 Å². The second-order valence-corrected chi connectivity index (χ2v) is 4.61. The van der Waals surface area contributed by atoms with Gasteiger partial charge in [-0.1, -0.05) is 24.3 Å². The fraction of sp³-hybridized carbons (Fsp3) is 0.357. The van der Waals surface area contributed by atoms with Crippen LogP contribution < -0.4 is 5.73 Å². The Bertz CT molecular complexity index is 514. The summed E-state index contributed by atoms with van der Waals surface area (Å²) in [6, 6.07) is 8.44. The minimum atomic E-state index is 0.319. The number of benzene rings is 1. The maximum atomic E-state index is 6.11. The number of ether oxygens (including phenoxy) is 1. The van der Waals surface area contributed by atoms with E-state index in [0.717, 1.165) is 16.8 Å². The van der Waals surface area contributed by atoms with E-state index < -0.39 is 0 Å². The lowest BCUT2D eigenvalue weighted by atomic mass is 10.1. The van der Waals surface area contributed by atoms with E-state index in [1.54, 1.807) is 13.4 Å². The van der Waals surface area contributed by atoms with Gasteiger partial charge < -0.3 is 15.0 Å². The molecule has 0 bridgehead atoms. The first-order valence-corrected chi connectivity index (χ1v) is 6.04. The Labute approximate surface area is 107 Å². The fourth-order valence-corrected chi connectivity index (χ4v) is 1.93. The maximum absolute atomic E-state index is 6.11. The molecule has 4 heteroatoms. The molecule has 0 aliphatic heterocycles. The molecule has 0 atom stereocenters. The number of aromatic nitrogens is 2. The van der Waals surface area contributed by atoms with E-state index in [9.17, 15) is 0 Å². The van der Waals surface area contributed by atoms with E-state index >= 15 is 0 Å². The van der Waals surface area contributed by atoms with Crippen LogP contribution >= 0.6 is 0 Å². The van der Waals surface area contributed by atoms with Crippen molar-refractivity contribution in [3.05, 3.63) is 36.2 Å². The predicted molar refractivity (Wildman–Crippen MR) is 73.2 cm³/mol. The van der Waals surface area contributed by atoms with Gasteiger partial charge in [-0.05, 0) is 19.4 Å². The lowest BCUT2D eigenvalue weighted by Gasteiger charge is -2.09. The van der Waals surface area contributed by atoms with Gasteiger partial charge in [0.15, 0.2) is 0 Å². The molecule has 0 saturated carbocycles. The van der Waals surface area contributed by atoms with Gasteiger partial charge in [-0.2, -0.15) is 0 Å². The molecule has 96 valence electrons. The first-order valence-electron chi connectivity index (χ1n) is 6.04. The Morgan fingerprint density at radius 3 is 2.44 bits per heavy atom. The second-order valence-electron chi connectivity index (χ2n) is 4.61. The third kappa shape index (κ3) is 2.38. The third-order valence-electron chi connectivity index (χ3n) is 2.93. The number of nitrogens with two attached hydrogens (primary N) is 1. The molecule has 0 amide bonds. The quantitative estimate of drug-likeness (QED) is 0.901. The number of nitrogen functional groups attached to an aromatic ring is 1. The van der Waals surface area contributed by atoms with E-state index in [4.69, 9.17) is 10.5 Å². The number of anilines is 1. The van der Waals surface area contributed by atoms with Crippen LogP contribution in [0.3, 0.4) is 0 Å². The molecule has 0 unspecified atom stereocenters. The van der Waals surface area contributed by atoms with Crippen molar-refractivity contribution in [2.75, 3.05) is 12.8 Å². The van der Waals surface area contributed by atoms with Crippen molar-refractivity contribution >= 4 is 5.82 Å². The zero-order valence-corrected chi connectivity index (χ0v) is 11.1. The van der Waals surface area contributed by atoms with Crippen LogP contribution in [-0.2, 0) is 11.3 Å². The molecular weight excluding hydrogens is 226 g/mol. The van der Waals surface area contributed by atoms with Gasteiger partial charge in [0.05, 0.1) is 12.9 Å². The summed E-state index contributed by atoms with van der Waals surface area (Å²) >= 11 is 0. The largest absolute Gasteiger partial charge is 0.383 e. The van der Waals surface area contributed by atoms with E-state index in [2.05, 4.69) is 18.8 Å². The average molecular weight is 245 g/mol. The zero-order valence-electron chi connectivity index (χ0n) is 11.1. The Morgan fingerprint density at radius 1 is 1.28 bits per heavy atom. The van der Waals surface area contributed by atoms with Crippen LogP contribution in [-0.4, -0.2) is 16.7 Å². The summed E-state index contributed by atoms with van der Waals surface area (Å²) in [5.41, 5.74) is 9.13. The van der Waals surface area contributed by atoms with Crippen LogP contribution in [0.15, 0.2) is 30.6 Å². The van der Waals surface area contributed by atoms with Crippen molar-refractivity contribution in [3.8, 4) is 11.3 Å². The second kappa shape index (κ2) is 5.23. The van der Waals surface area contributed by atoms with Crippen LogP contribution in [0.2, 0.25) is 0 Å². The summed E-state index contributed by atoms with van der Waals surface area (Å²) in [4.78, 5) is 4.39. The molecule has 18 heavy (non-hydrogen) atoms. The lowest BCUT2D eigenvalue weighted by molar-refractivity contribution is 0.185. The number of rotatable bonds is 4. The van der Waals surface area contributed by atoms with Crippen molar-refractivity contribution in [2.24, 2.45) is 0 Å². The van der Waals surface area contributed by atoms with E-state index in [1.165, 1.54) is 0 Å². The number of hydrogen-bond donors (Lipinski definition) is 1. The van der Waals surface area contributed by atoms with Crippen molar-refractivity contribution in [1.82, 2.24) is 9.55 Å². The summed E-state index contributed by atoms with van der Waals surface area (Å²) in [6.45, 7) is 4.79. The average Bonchev–Trinajstić information content (AvgIpc) is 2.73. The predicted octanol–water partition coefficient (Wildman–Crippen LogP) is 2.86. The van der Waals surface area contributed by atoms with Crippen LogP contribution in [0.25, 0.3) is 11.3 Å². The monoisotopic (exact) mass is 245 g/mol. The topological polar surface area (TPSA) is 53.1 Å². The molecule has 0 aliphatic rings. The first-order chi connectivity index (χ1) is 8.63. The maximum Gasteiger partial charge on any atom is 0.131 e. The first kappa shape index (κ1) is 12.6. The molecule has 4 nitrogen and oxygen atoms in total. The van der Waals surface area contributed by atoms with Crippen LogP contribution in [0.1, 0.15) is 25.5 Å². The Kier molecular flexibility index (Phi) is 3.67. The fourth-order valence-electron chi connectivity index (χ4n) is 1.93. The van der Waals surface area contributed by atoms with Gasteiger partial charge in [0, 0.05) is 18.7 Å². The van der Waals surface area contributed by atoms with Crippen LogP contribution in [0, 0.1) is 0 Å². The summed E-state index contributed by atoms with van der Waals surface area (Å²) in [6.07, 6.45) is 1.79. The summed E-state index contributed by atoms with van der Waals surface area (Å²) in [5, 5.41) is 0. The number of nitrogens with zero attached hydrogens (tertiary/aromatic N) is 2. The highest BCUT2D eigenvalue weighted by molar-refractivity contribution is 5.70. The van der Waals surface area contributed by atoms with Gasteiger partial charge >= 0.3 is 0 Å². The molecule has 1 aromatic heterocycles. The van der Waals surface area contributed by atoms with Gasteiger partial charge in [0.1, 0.15) is 11.5 Å². The summed E-state index contributed by atoms with van der Waals surface area (Å²) < 4.78 is 7.06. The van der Waals surface area contributed by atoms with Gasteiger partial charge in [-0.3, -0.25) is 0 Å². The van der Waals surface area contributed by atoms with Crippen molar-refractivity contribution in [2.45, 2.75) is 26.5 Å². The molecule has 0 radical (unpaired) electrons. The van der Waals surface area contributed by atoms with E-state index in [1.807, 2.05) is 28.8 Å². The molecular formula is C14H19N3O. The Hall–Kier alpha value is -1.81. The highest BCUT2D eigenvalue weighted by Gasteiger charge is 2.11. The molecule has 0 fully saturated rings. The minimum Gasteiger partial charge on any atom is -0.383 e. The highest BCUT2D eigenvalue weighted by Crippen LogP contribution is 2.26. The Balaban J connectivity index is 2.31. The summed E-state index contributed by atoms with van der Waals surface area (Å²) in [5.74, 6) is 0.712. The number of imidazole rings is 1. The van der Waals surface area contributed by atoms with Crippen molar-refractivity contribution in [3.63, 3.8) is 0 Å². The molecule has 0 spiro atoms. The zero-order chi connectivity index (χ0) is 13.1. The van der Waals surface area contributed by atoms with Gasteiger partial charge in [-0.15, -0.1) is 0 Å². The van der Waals surface area contributed by atoms with Crippen molar-refractivity contribution < 1.29 is 4.74 Å². The summed E-state index contributed by atoms with van der Waals surface area (Å²) in [7, 11) is 1.69. The normalized spacial score (nSPS) is 11.1.